The quantitative estimate of drug-likeness (QED) is 0.145. The summed E-state index contributed by atoms with van der Waals surface area (Å²) >= 11 is 0. The number of hydrogen-bond donors (Lipinski definition) is 0. The summed E-state index contributed by atoms with van der Waals surface area (Å²) < 4.78 is 0. The largest absolute Gasteiger partial charge is 0.292 e. The minimum absolute atomic E-state index is 0.783. The van der Waals surface area contributed by atoms with Crippen molar-refractivity contribution in [1.82, 2.24) is 29.9 Å². The maximum absolute atomic E-state index is 4.98. The van der Waals surface area contributed by atoms with Gasteiger partial charge in [-0.2, -0.15) is 0 Å². The van der Waals surface area contributed by atoms with Gasteiger partial charge in [0.15, 0.2) is 0 Å². The van der Waals surface area contributed by atoms with Gasteiger partial charge in [0, 0.05) is 48.3 Å². The molecule has 0 atom stereocenters. The molecular weight excluding hydrogens is 665 g/mol. The SMILES string of the molecule is c1cncc(N(c2cccnc2)c2ccc(-c3ccc4ccc5c(-c6ccc(N(c7cccnc7)c7cccnc7)nc6)ccc6ccc3c4c65)cn2)c1. The minimum Gasteiger partial charge on any atom is -0.292 e. The van der Waals surface area contributed by atoms with E-state index in [0.29, 0.717) is 0 Å². The van der Waals surface area contributed by atoms with Crippen molar-refractivity contribution >= 4 is 66.7 Å². The average molecular weight is 695 g/mol. The second-order valence-corrected chi connectivity index (χ2v) is 13.0. The van der Waals surface area contributed by atoms with Crippen LogP contribution in [0.25, 0.3) is 54.6 Å². The lowest BCUT2D eigenvalue weighted by molar-refractivity contribution is 1.14. The summed E-state index contributed by atoms with van der Waals surface area (Å²) in [4.78, 5) is 31.5. The molecule has 4 aromatic carbocycles. The van der Waals surface area contributed by atoms with Crippen molar-refractivity contribution in [3.63, 3.8) is 0 Å². The molecule has 54 heavy (non-hydrogen) atoms. The molecule has 6 aromatic heterocycles. The zero-order valence-corrected chi connectivity index (χ0v) is 28.9. The van der Waals surface area contributed by atoms with Crippen LogP contribution in [-0.2, 0) is 0 Å². The Bertz CT molecular complexity index is 2570. The molecule has 10 aromatic rings. The third kappa shape index (κ3) is 5.41. The van der Waals surface area contributed by atoms with Gasteiger partial charge < -0.3 is 0 Å². The van der Waals surface area contributed by atoms with Crippen LogP contribution in [0.3, 0.4) is 0 Å². The Morgan fingerprint density at radius 3 is 1.02 bits per heavy atom. The van der Waals surface area contributed by atoms with E-state index in [1.54, 1.807) is 24.8 Å². The van der Waals surface area contributed by atoms with Gasteiger partial charge in [-0.25, -0.2) is 9.97 Å². The second-order valence-electron chi connectivity index (χ2n) is 13.0. The van der Waals surface area contributed by atoms with Gasteiger partial charge in [0.25, 0.3) is 0 Å². The van der Waals surface area contributed by atoms with Gasteiger partial charge in [-0.15, -0.1) is 0 Å². The van der Waals surface area contributed by atoms with Crippen molar-refractivity contribution in [3.05, 3.63) is 183 Å². The summed E-state index contributed by atoms with van der Waals surface area (Å²) in [7, 11) is 0. The van der Waals surface area contributed by atoms with E-state index in [0.717, 1.165) is 56.6 Å². The average Bonchev–Trinajstić information content (AvgIpc) is 3.25. The molecule has 0 fully saturated rings. The first-order chi connectivity index (χ1) is 26.8. The number of aromatic nitrogens is 6. The Kier molecular flexibility index (Phi) is 7.62. The molecule has 0 N–H and O–H groups in total. The van der Waals surface area contributed by atoms with E-state index >= 15 is 0 Å². The van der Waals surface area contributed by atoms with Gasteiger partial charge >= 0.3 is 0 Å². The van der Waals surface area contributed by atoms with Crippen LogP contribution in [-0.4, -0.2) is 29.9 Å². The van der Waals surface area contributed by atoms with E-state index < -0.39 is 0 Å². The van der Waals surface area contributed by atoms with Crippen molar-refractivity contribution in [1.29, 1.82) is 0 Å². The monoisotopic (exact) mass is 694 g/mol. The first kappa shape index (κ1) is 31.2. The van der Waals surface area contributed by atoms with Crippen LogP contribution in [0.15, 0.2) is 183 Å². The van der Waals surface area contributed by atoms with Gasteiger partial charge in [-0.05, 0) is 116 Å². The van der Waals surface area contributed by atoms with Gasteiger partial charge in [0.2, 0.25) is 0 Å². The Labute approximate surface area is 311 Å². The Morgan fingerprint density at radius 2 is 0.704 bits per heavy atom. The van der Waals surface area contributed by atoms with Gasteiger partial charge in [-0.1, -0.05) is 48.5 Å². The van der Waals surface area contributed by atoms with Crippen LogP contribution < -0.4 is 9.80 Å². The maximum atomic E-state index is 4.98. The van der Waals surface area contributed by atoms with Crippen LogP contribution in [0.1, 0.15) is 0 Å². The molecule has 0 aliphatic carbocycles. The van der Waals surface area contributed by atoms with Gasteiger partial charge in [-0.3, -0.25) is 29.7 Å². The first-order valence-electron chi connectivity index (χ1n) is 17.6. The van der Waals surface area contributed by atoms with Gasteiger partial charge in [0.1, 0.15) is 11.6 Å². The Balaban J connectivity index is 1.05. The standard InChI is InChI=1S/C46H30N8/c1-5-35(27-47-21-1)53(36-6-2-22-48-28-36)43-19-13-33(25-51-43)39-15-9-31-12-18-42-40(16-10-32-11-17-41(39)45(31)46(32)42)34-14-20-44(52-26-34)54(37-7-3-23-49-29-37)38-8-4-24-50-30-38/h1-30H. The molecule has 0 spiro atoms. The van der Waals surface area contributed by atoms with Crippen molar-refractivity contribution in [2.75, 3.05) is 9.80 Å². The highest BCUT2D eigenvalue weighted by Crippen LogP contribution is 2.43. The molecule has 6 heterocycles. The molecule has 8 heteroatoms. The smallest absolute Gasteiger partial charge is 0.137 e. The lowest BCUT2D eigenvalue weighted by atomic mass is 9.87. The molecule has 0 radical (unpaired) electrons. The van der Waals surface area contributed by atoms with Crippen molar-refractivity contribution in [2.24, 2.45) is 0 Å². The highest BCUT2D eigenvalue weighted by atomic mass is 15.2. The summed E-state index contributed by atoms with van der Waals surface area (Å²) in [5.41, 5.74) is 7.99. The van der Waals surface area contributed by atoms with Crippen molar-refractivity contribution in [2.45, 2.75) is 0 Å². The van der Waals surface area contributed by atoms with E-state index in [1.807, 2.05) is 85.7 Å². The predicted octanol–water partition coefficient (Wildman–Crippen LogP) is 11.2. The summed E-state index contributed by atoms with van der Waals surface area (Å²) in [5.74, 6) is 1.57. The van der Waals surface area contributed by atoms with Crippen LogP contribution >= 0.6 is 0 Å². The molecular formula is C46H30N8. The summed E-state index contributed by atoms with van der Waals surface area (Å²) in [6, 6.07) is 42.0. The molecule has 0 aliphatic heterocycles. The van der Waals surface area contributed by atoms with Crippen LogP contribution in [0.2, 0.25) is 0 Å². The van der Waals surface area contributed by atoms with Crippen LogP contribution in [0, 0.1) is 0 Å². The number of benzene rings is 4. The fourth-order valence-corrected chi connectivity index (χ4v) is 7.43. The minimum atomic E-state index is 0.783. The normalized spacial score (nSPS) is 11.3. The third-order valence-electron chi connectivity index (χ3n) is 9.86. The molecule has 254 valence electrons. The van der Waals surface area contributed by atoms with Crippen LogP contribution in [0.4, 0.5) is 34.4 Å². The van der Waals surface area contributed by atoms with Gasteiger partial charge in [0.05, 0.1) is 47.5 Å². The van der Waals surface area contributed by atoms with E-state index in [9.17, 15) is 0 Å². The van der Waals surface area contributed by atoms with Crippen LogP contribution in [0.5, 0.6) is 0 Å². The fraction of sp³-hybridized carbons (Fsp3) is 0. The molecule has 0 amide bonds. The summed E-state index contributed by atoms with van der Waals surface area (Å²) in [5, 5.41) is 7.25. The molecule has 0 aliphatic rings. The third-order valence-corrected chi connectivity index (χ3v) is 9.86. The van der Waals surface area contributed by atoms with Crippen molar-refractivity contribution < 1.29 is 0 Å². The van der Waals surface area contributed by atoms with Crippen molar-refractivity contribution in [3.8, 4) is 22.3 Å². The molecule has 8 nitrogen and oxygen atoms in total. The molecule has 10 rings (SSSR count). The Hall–Kier alpha value is -7.58. The number of hydrogen-bond acceptors (Lipinski definition) is 8. The predicted molar refractivity (Wildman–Crippen MR) is 217 cm³/mol. The first-order valence-corrected chi connectivity index (χ1v) is 17.6. The topological polar surface area (TPSA) is 83.8 Å². The zero-order chi connectivity index (χ0) is 35.8. The highest BCUT2D eigenvalue weighted by molar-refractivity contribution is 6.27. The maximum Gasteiger partial charge on any atom is 0.137 e. The number of pyridine rings is 6. The molecule has 0 bridgehead atoms. The lowest BCUT2D eigenvalue weighted by Gasteiger charge is -2.23. The van der Waals surface area contributed by atoms with E-state index in [2.05, 4.69) is 103 Å². The highest BCUT2D eigenvalue weighted by Gasteiger charge is 2.19. The molecule has 0 saturated carbocycles. The van der Waals surface area contributed by atoms with E-state index in [-0.39, 0.29) is 0 Å². The molecule has 0 unspecified atom stereocenters. The van der Waals surface area contributed by atoms with E-state index in [1.165, 1.54) is 32.3 Å². The zero-order valence-electron chi connectivity index (χ0n) is 28.9. The number of rotatable bonds is 8. The number of nitrogens with zero attached hydrogens (tertiary/aromatic N) is 8. The fourth-order valence-electron chi connectivity index (χ4n) is 7.43. The summed E-state index contributed by atoms with van der Waals surface area (Å²) in [6.07, 6.45) is 18.3. The molecule has 0 saturated heterocycles. The Morgan fingerprint density at radius 1 is 0.333 bits per heavy atom. The van der Waals surface area contributed by atoms with E-state index in [4.69, 9.17) is 9.97 Å². The summed E-state index contributed by atoms with van der Waals surface area (Å²) in [6.45, 7) is 0. The lowest BCUT2D eigenvalue weighted by Crippen LogP contribution is -2.11. The number of anilines is 6. The second kappa shape index (κ2) is 13.2.